The highest BCUT2D eigenvalue weighted by Gasteiger charge is 2.28. The van der Waals surface area contributed by atoms with Crippen LogP contribution in [0.5, 0.6) is 0 Å². The maximum absolute atomic E-state index is 5.80. The summed E-state index contributed by atoms with van der Waals surface area (Å²) in [6, 6.07) is 5.40. The van der Waals surface area contributed by atoms with Gasteiger partial charge in [0.05, 0.1) is 6.04 Å². The fourth-order valence-electron chi connectivity index (χ4n) is 2.58. The zero-order chi connectivity index (χ0) is 15.0. The van der Waals surface area contributed by atoms with Crippen molar-refractivity contribution in [1.82, 2.24) is 19.9 Å². The van der Waals surface area contributed by atoms with Crippen LogP contribution in [0, 0.1) is 0 Å². The Balaban J connectivity index is 1.89. The van der Waals surface area contributed by atoms with Gasteiger partial charge in [-0.3, -0.25) is 4.90 Å². The molecule has 1 unspecified atom stereocenters. The maximum atomic E-state index is 5.80. The SMILES string of the molecule is CN1CCN(C)C(c2noc(-c3cc(N)cc(N)c3)n2)C1. The first-order valence-electron chi connectivity index (χ1n) is 6.92. The second-order valence-corrected chi connectivity index (χ2v) is 5.60. The molecular weight excluding hydrogens is 268 g/mol. The Bertz CT molecular complexity index is 620. The Labute approximate surface area is 123 Å². The molecule has 21 heavy (non-hydrogen) atoms. The van der Waals surface area contributed by atoms with Crippen molar-refractivity contribution in [3.63, 3.8) is 0 Å². The van der Waals surface area contributed by atoms with E-state index in [1.54, 1.807) is 18.2 Å². The molecule has 0 amide bonds. The van der Waals surface area contributed by atoms with Crippen LogP contribution in [0.3, 0.4) is 0 Å². The number of piperazine rings is 1. The number of nitrogens with two attached hydrogens (primary N) is 2. The molecule has 1 atom stereocenters. The van der Waals surface area contributed by atoms with Gasteiger partial charge in [0, 0.05) is 36.6 Å². The molecule has 1 aliphatic rings. The third kappa shape index (κ3) is 2.84. The van der Waals surface area contributed by atoms with E-state index in [2.05, 4.69) is 34.0 Å². The average Bonchev–Trinajstić information content (AvgIpc) is 2.90. The number of benzene rings is 1. The number of rotatable bonds is 2. The number of hydrogen-bond donors (Lipinski definition) is 2. The second kappa shape index (κ2) is 5.34. The lowest BCUT2D eigenvalue weighted by Gasteiger charge is -2.35. The summed E-state index contributed by atoms with van der Waals surface area (Å²) in [5.74, 6) is 1.14. The molecule has 4 N–H and O–H groups in total. The lowest BCUT2D eigenvalue weighted by molar-refractivity contribution is 0.108. The van der Waals surface area contributed by atoms with Crippen LogP contribution < -0.4 is 11.5 Å². The summed E-state index contributed by atoms with van der Waals surface area (Å²) in [5.41, 5.74) is 13.5. The summed E-state index contributed by atoms with van der Waals surface area (Å²) in [4.78, 5) is 9.02. The largest absolute Gasteiger partial charge is 0.399 e. The standard InChI is InChI=1S/C14H20N6O/c1-19-3-4-20(2)12(8-19)13-17-14(21-18-13)9-5-10(15)7-11(16)6-9/h5-7,12H,3-4,8,15-16H2,1-2H3. The van der Waals surface area contributed by atoms with Crippen LogP contribution in [0.4, 0.5) is 11.4 Å². The van der Waals surface area contributed by atoms with Gasteiger partial charge >= 0.3 is 0 Å². The Kier molecular flexibility index (Phi) is 3.52. The fourth-order valence-corrected chi connectivity index (χ4v) is 2.58. The van der Waals surface area contributed by atoms with E-state index in [1.165, 1.54) is 0 Å². The molecule has 112 valence electrons. The van der Waals surface area contributed by atoms with Crippen molar-refractivity contribution in [2.24, 2.45) is 0 Å². The van der Waals surface area contributed by atoms with E-state index in [-0.39, 0.29) is 6.04 Å². The number of nitrogen functional groups attached to an aromatic ring is 2. The predicted octanol–water partition coefficient (Wildman–Crippen LogP) is 0.819. The molecule has 2 heterocycles. The van der Waals surface area contributed by atoms with Gasteiger partial charge in [-0.2, -0.15) is 4.98 Å². The molecule has 2 aromatic rings. The van der Waals surface area contributed by atoms with Gasteiger partial charge in [0.15, 0.2) is 5.82 Å². The lowest BCUT2D eigenvalue weighted by Crippen LogP contribution is -2.45. The van der Waals surface area contributed by atoms with Crippen molar-refractivity contribution >= 4 is 11.4 Å². The number of anilines is 2. The van der Waals surface area contributed by atoms with Crippen LogP contribution in [-0.2, 0) is 0 Å². The minimum absolute atomic E-state index is 0.139. The van der Waals surface area contributed by atoms with Gasteiger partial charge in [0.1, 0.15) is 0 Å². The maximum Gasteiger partial charge on any atom is 0.258 e. The predicted molar refractivity (Wildman–Crippen MR) is 81.4 cm³/mol. The summed E-state index contributed by atoms with van der Waals surface area (Å²) in [6.07, 6.45) is 0. The van der Waals surface area contributed by atoms with Crippen LogP contribution >= 0.6 is 0 Å². The average molecular weight is 288 g/mol. The monoisotopic (exact) mass is 288 g/mol. The zero-order valence-corrected chi connectivity index (χ0v) is 12.3. The third-order valence-corrected chi connectivity index (χ3v) is 3.82. The summed E-state index contributed by atoms with van der Waals surface area (Å²) in [5, 5.41) is 4.12. The van der Waals surface area contributed by atoms with Crippen molar-refractivity contribution in [1.29, 1.82) is 0 Å². The van der Waals surface area contributed by atoms with Crippen LogP contribution in [0.15, 0.2) is 22.7 Å². The first-order valence-corrected chi connectivity index (χ1v) is 6.92. The van der Waals surface area contributed by atoms with Crippen LogP contribution in [0.25, 0.3) is 11.5 Å². The van der Waals surface area contributed by atoms with E-state index in [0.29, 0.717) is 23.1 Å². The van der Waals surface area contributed by atoms with Crippen molar-refractivity contribution < 1.29 is 4.52 Å². The van der Waals surface area contributed by atoms with Gasteiger partial charge in [-0.25, -0.2) is 0 Å². The first kappa shape index (κ1) is 13.8. The highest BCUT2D eigenvalue weighted by atomic mass is 16.5. The van der Waals surface area contributed by atoms with Crippen LogP contribution in [0.2, 0.25) is 0 Å². The summed E-state index contributed by atoms with van der Waals surface area (Å²) in [6.45, 7) is 2.91. The van der Waals surface area contributed by atoms with Gasteiger partial charge in [-0.15, -0.1) is 0 Å². The zero-order valence-electron chi connectivity index (χ0n) is 12.3. The smallest absolute Gasteiger partial charge is 0.258 e. The van der Waals surface area contributed by atoms with Crippen LogP contribution in [-0.4, -0.2) is 53.7 Å². The van der Waals surface area contributed by atoms with E-state index in [1.807, 2.05) is 0 Å². The van der Waals surface area contributed by atoms with E-state index >= 15 is 0 Å². The Morgan fingerprint density at radius 1 is 1.14 bits per heavy atom. The Morgan fingerprint density at radius 3 is 2.57 bits per heavy atom. The molecule has 1 aromatic heterocycles. The van der Waals surface area contributed by atoms with Crippen LogP contribution in [0.1, 0.15) is 11.9 Å². The van der Waals surface area contributed by atoms with Gasteiger partial charge in [0.2, 0.25) is 0 Å². The van der Waals surface area contributed by atoms with Crippen molar-refractivity contribution in [3.8, 4) is 11.5 Å². The molecule has 1 fully saturated rings. The lowest BCUT2D eigenvalue weighted by atomic mass is 10.1. The highest BCUT2D eigenvalue weighted by molar-refractivity contribution is 5.67. The molecule has 1 aliphatic heterocycles. The molecule has 1 saturated heterocycles. The molecule has 3 rings (SSSR count). The van der Waals surface area contributed by atoms with Crippen molar-refractivity contribution in [3.05, 3.63) is 24.0 Å². The van der Waals surface area contributed by atoms with E-state index < -0.39 is 0 Å². The molecule has 0 aliphatic carbocycles. The van der Waals surface area contributed by atoms with E-state index in [4.69, 9.17) is 16.0 Å². The first-order chi connectivity index (χ1) is 10.0. The molecule has 7 nitrogen and oxygen atoms in total. The number of aromatic nitrogens is 2. The van der Waals surface area contributed by atoms with Gasteiger partial charge in [-0.1, -0.05) is 5.16 Å². The van der Waals surface area contributed by atoms with Gasteiger partial charge in [-0.05, 0) is 32.3 Å². The molecule has 0 saturated carbocycles. The van der Waals surface area contributed by atoms with Crippen molar-refractivity contribution in [2.45, 2.75) is 6.04 Å². The number of likely N-dealkylation sites (N-methyl/N-ethyl adjacent to an activating group) is 2. The quantitative estimate of drug-likeness (QED) is 0.789. The van der Waals surface area contributed by atoms with Crippen molar-refractivity contribution in [2.75, 3.05) is 45.2 Å². The molecule has 7 heteroatoms. The topological polar surface area (TPSA) is 97.4 Å². The molecular formula is C14H20N6O. The van der Waals surface area contributed by atoms with E-state index in [9.17, 15) is 0 Å². The number of hydrogen-bond acceptors (Lipinski definition) is 7. The van der Waals surface area contributed by atoms with Gasteiger partial charge in [0.25, 0.3) is 5.89 Å². The molecule has 0 spiro atoms. The van der Waals surface area contributed by atoms with Gasteiger partial charge < -0.3 is 20.9 Å². The number of nitrogens with zero attached hydrogens (tertiary/aromatic N) is 4. The highest BCUT2D eigenvalue weighted by Crippen LogP contribution is 2.26. The molecule has 0 bridgehead atoms. The third-order valence-electron chi connectivity index (χ3n) is 3.82. The summed E-state index contributed by atoms with van der Waals surface area (Å²) in [7, 11) is 4.17. The summed E-state index contributed by atoms with van der Waals surface area (Å²) < 4.78 is 5.38. The normalized spacial score (nSPS) is 20.8. The molecule has 1 aromatic carbocycles. The Hall–Kier alpha value is -2.12. The second-order valence-electron chi connectivity index (χ2n) is 5.60. The molecule has 0 radical (unpaired) electrons. The minimum Gasteiger partial charge on any atom is -0.399 e. The summed E-state index contributed by atoms with van der Waals surface area (Å²) >= 11 is 0. The minimum atomic E-state index is 0.139. The Morgan fingerprint density at radius 2 is 1.86 bits per heavy atom. The fraction of sp³-hybridized carbons (Fsp3) is 0.429. The van der Waals surface area contributed by atoms with E-state index in [0.717, 1.165) is 25.2 Å².